The van der Waals surface area contributed by atoms with E-state index in [9.17, 15) is 44.6 Å². The van der Waals surface area contributed by atoms with Crippen LogP contribution in [0.1, 0.15) is 155 Å². The summed E-state index contributed by atoms with van der Waals surface area (Å²) in [5.74, 6) is -1.14. The monoisotopic (exact) mass is 857 g/mol. The second-order valence-corrected chi connectivity index (χ2v) is 16.6. The minimum absolute atomic E-state index is 0.0645. The van der Waals surface area contributed by atoms with Crippen LogP contribution in [0.5, 0.6) is 0 Å². The number of phosphoric ester groups is 1. The van der Waals surface area contributed by atoms with Crippen molar-refractivity contribution in [2.24, 2.45) is 0 Å². The molecule has 340 valence electrons. The lowest BCUT2D eigenvalue weighted by Gasteiger charge is -2.41. The molecular weight excluding hydrogens is 779 g/mol. The Kier molecular flexibility index (Phi) is 32.5. The lowest BCUT2D eigenvalue weighted by molar-refractivity contribution is -0.220. The molecule has 6 unspecified atom stereocenters. The van der Waals surface area contributed by atoms with Crippen LogP contribution in [0.25, 0.3) is 0 Å². The summed E-state index contributed by atoms with van der Waals surface area (Å²) in [7, 11) is -5.13. The highest BCUT2D eigenvalue weighted by Gasteiger charge is 2.51. The third-order valence-corrected chi connectivity index (χ3v) is 10.8. The van der Waals surface area contributed by atoms with E-state index in [2.05, 4.69) is 74.6 Å². The van der Waals surface area contributed by atoms with E-state index in [1.165, 1.54) is 25.7 Å². The van der Waals surface area contributed by atoms with E-state index >= 15 is 0 Å². The molecule has 6 N–H and O–H groups in total. The molecule has 0 aromatic carbocycles. The molecule has 13 nitrogen and oxygen atoms in total. The van der Waals surface area contributed by atoms with Gasteiger partial charge in [-0.3, -0.25) is 18.6 Å². The summed E-state index contributed by atoms with van der Waals surface area (Å²) in [4.78, 5) is 35.6. The standard InChI is InChI=1S/C45H77O13P/c1-3-5-7-9-11-13-15-17-18-19-20-22-24-26-28-30-32-34-39(47)57-37(36-56-59(53,54)58-45-43(51)41(49)40(48)42(50)44(45)52)35-55-38(46)33-31-29-27-25-23-21-16-14-12-10-8-6-4-2/h5,7,11,13-14,16-18,20,22,37,40-45,48-52H,3-4,6,8-10,12,15,19,21,23-36H2,1-2H3,(H,53,54)/b7-5-,13-11-,16-14-,18-17-,22-20-. The van der Waals surface area contributed by atoms with Crippen molar-refractivity contribution >= 4 is 19.8 Å². The third kappa shape index (κ3) is 27.9. The zero-order valence-corrected chi connectivity index (χ0v) is 36.7. The van der Waals surface area contributed by atoms with Crippen molar-refractivity contribution in [3.63, 3.8) is 0 Å². The van der Waals surface area contributed by atoms with Crippen molar-refractivity contribution in [3.05, 3.63) is 60.8 Å². The van der Waals surface area contributed by atoms with Gasteiger partial charge in [-0.1, -0.05) is 126 Å². The van der Waals surface area contributed by atoms with Crippen LogP contribution in [0, 0.1) is 0 Å². The number of allylic oxidation sites excluding steroid dienone is 10. The second-order valence-electron chi connectivity index (χ2n) is 15.2. The number of rotatable bonds is 35. The minimum atomic E-state index is -5.13. The average Bonchev–Trinajstić information content (AvgIpc) is 3.21. The van der Waals surface area contributed by atoms with Gasteiger partial charge in [-0.2, -0.15) is 0 Å². The Labute approximate surface area is 353 Å². The van der Waals surface area contributed by atoms with Gasteiger partial charge >= 0.3 is 19.8 Å². The van der Waals surface area contributed by atoms with Gasteiger partial charge in [0.15, 0.2) is 6.10 Å². The molecule has 1 aliphatic carbocycles. The maximum atomic E-state index is 12.8. The van der Waals surface area contributed by atoms with Gasteiger partial charge in [0.2, 0.25) is 0 Å². The topological polar surface area (TPSA) is 210 Å². The van der Waals surface area contributed by atoms with Gasteiger partial charge in [-0.05, 0) is 77.0 Å². The first-order valence-corrected chi connectivity index (χ1v) is 23.6. The molecule has 1 saturated carbocycles. The number of carbonyl (C=O) groups is 2. The first kappa shape index (κ1) is 54.6. The summed E-state index contributed by atoms with van der Waals surface area (Å²) in [6.45, 7) is 3.12. The van der Waals surface area contributed by atoms with E-state index in [0.29, 0.717) is 12.8 Å². The Balaban J connectivity index is 2.51. The van der Waals surface area contributed by atoms with Crippen molar-refractivity contribution in [2.45, 2.75) is 198 Å². The van der Waals surface area contributed by atoms with Gasteiger partial charge in [0.1, 0.15) is 43.2 Å². The van der Waals surface area contributed by atoms with Crippen LogP contribution in [0.15, 0.2) is 60.8 Å². The fourth-order valence-electron chi connectivity index (χ4n) is 6.27. The SMILES string of the molecule is CC/C=C\C/C=C\C/C=C\C/C=C\CCCCCCC(=O)OC(COC(=O)CCCCCCC/C=C\CCCCCC)COP(=O)(O)OC1C(O)C(O)C(O)C(O)C1O. The molecule has 0 bridgehead atoms. The zero-order valence-electron chi connectivity index (χ0n) is 35.8. The number of aliphatic hydroxyl groups excluding tert-OH is 5. The van der Waals surface area contributed by atoms with Gasteiger partial charge in [0.05, 0.1) is 6.61 Å². The summed E-state index contributed by atoms with van der Waals surface area (Å²) < 4.78 is 33.4. The van der Waals surface area contributed by atoms with Crippen LogP contribution in [0.2, 0.25) is 0 Å². The molecule has 0 aromatic rings. The lowest BCUT2D eigenvalue weighted by Crippen LogP contribution is -2.64. The number of carbonyl (C=O) groups excluding carboxylic acids is 2. The van der Waals surface area contributed by atoms with Gasteiger partial charge < -0.3 is 39.9 Å². The fraction of sp³-hybridized carbons (Fsp3) is 0.733. The first-order chi connectivity index (χ1) is 28.4. The van der Waals surface area contributed by atoms with Crippen molar-refractivity contribution < 1.29 is 63.1 Å². The van der Waals surface area contributed by atoms with Crippen molar-refractivity contribution in [2.75, 3.05) is 13.2 Å². The van der Waals surface area contributed by atoms with Gasteiger partial charge in [0.25, 0.3) is 0 Å². The number of phosphoric acid groups is 1. The van der Waals surface area contributed by atoms with Crippen LogP contribution < -0.4 is 0 Å². The van der Waals surface area contributed by atoms with E-state index in [-0.39, 0.29) is 12.8 Å². The molecule has 0 amide bonds. The molecule has 0 aromatic heterocycles. The summed E-state index contributed by atoms with van der Waals surface area (Å²) in [6.07, 6.45) is 28.5. The van der Waals surface area contributed by atoms with Crippen LogP contribution in [0.4, 0.5) is 0 Å². The molecule has 1 aliphatic rings. The third-order valence-electron chi connectivity index (χ3n) is 9.84. The molecule has 0 saturated heterocycles. The predicted octanol–water partition coefficient (Wildman–Crippen LogP) is 8.16. The summed E-state index contributed by atoms with van der Waals surface area (Å²) in [5.41, 5.74) is 0. The van der Waals surface area contributed by atoms with E-state index in [4.69, 9.17) is 18.5 Å². The zero-order chi connectivity index (χ0) is 43.6. The highest BCUT2D eigenvalue weighted by atomic mass is 31.2. The molecule has 0 radical (unpaired) electrons. The number of ether oxygens (including phenoxy) is 2. The lowest BCUT2D eigenvalue weighted by atomic mass is 9.85. The maximum absolute atomic E-state index is 12.8. The molecule has 0 spiro atoms. The predicted molar refractivity (Wildman–Crippen MR) is 230 cm³/mol. The number of hydrogen-bond donors (Lipinski definition) is 6. The normalized spacial score (nSPS) is 22.9. The van der Waals surface area contributed by atoms with Crippen molar-refractivity contribution in [1.29, 1.82) is 0 Å². The van der Waals surface area contributed by atoms with Gasteiger partial charge in [-0.15, -0.1) is 0 Å². The molecular formula is C45H77O13P. The second kappa shape index (κ2) is 35.2. The van der Waals surface area contributed by atoms with Crippen LogP contribution in [-0.4, -0.2) is 98.3 Å². The van der Waals surface area contributed by atoms with Crippen LogP contribution in [-0.2, 0) is 32.7 Å². The van der Waals surface area contributed by atoms with E-state index in [0.717, 1.165) is 89.9 Å². The number of unbranched alkanes of at least 4 members (excludes halogenated alkanes) is 13. The maximum Gasteiger partial charge on any atom is 0.472 e. The summed E-state index contributed by atoms with van der Waals surface area (Å²) in [5, 5.41) is 50.1. The molecule has 59 heavy (non-hydrogen) atoms. The largest absolute Gasteiger partial charge is 0.472 e. The number of hydrogen-bond acceptors (Lipinski definition) is 12. The Bertz CT molecular complexity index is 1270. The highest BCUT2D eigenvalue weighted by Crippen LogP contribution is 2.47. The molecule has 0 aliphatic heterocycles. The Morgan fingerprint density at radius 1 is 0.542 bits per heavy atom. The Morgan fingerprint density at radius 2 is 0.966 bits per heavy atom. The van der Waals surface area contributed by atoms with E-state index in [1.807, 2.05) is 0 Å². The van der Waals surface area contributed by atoms with Gasteiger partial charge in [-0.25, -0.2) is 4.57 Å². The number of aliphatic hydroxyl groups is 5. The average molecular weight is 857 g/mol. The van der Waals surface area contributed by atoms with Crippen molar-refractivity contribution in [1.82, 2.24) is 0 Å². The Morgan fingerprint density at radius 3 is 1.49 bits per heavy atom. The summed E-state index contributed by atoms with van der Waals surface area (Å²) >= 11 is 0. The molecule has 1 rings (SSSR count). The first-order valence-electron chi connectivity index (χ1n) is 22.1. The number of esters is 2. The van der Waals surface area contributed by atoms with E-state index in [1.54, 1.807) is 0 Å². The quantitative estimate of drug-likeness (QED) is 0.0154. The van der Waals surface area contributed by atoms with Crippen molar-refractivity contribution in [3.8, 4) is 0 Å². The van der Waals surface area contributed by atoms with Gasteiger partial charge in [0, 0.05) is 12.8 Å². The Hall–Kier alpha value is -2.45. The van der Waals surface area contributed by atoms with Crippen LogP contribution in [0.3, 0.4) is 0 Å². The summed E-state index contributed by atoms with van der Waals surface area (Å²) in [6, 6.07) is 0. The van der Waals surface area contributed by atoms with E-state index < -0.39 is 75.7 Å². The molecule has 6 atom stereocenters. The fourth-order valence-corrected chi connectivity index (χ4v) is 7.24. The van der Waals surface area contributed by atoms with Crippen LogP contribution >= 0.6 is 7.82 Å². The molecule has 1 fully saturated rings. The smallest absolute Gasteiger partial charge is 0.462 e. The highest BCUT2D eigenvalue weighted by molar-refractivity contribution is 7.47. The minimum Gasteiger partial charge on any atom is -0.462 e. The molecule has 0 heterocycles. The molecule has 14 heteroatoms.